The molecule has 0 saturated carbocycles. The summed E-state index contributed by atoms with van der Waals surface area (Å²) >= 11 is 6.40. The normalized spacial score (nSPS) is 27.0. The van der Waals surface area contributed by atoms with Gasteiger partial charge in [-0.15, -0.1) is 0 Å². The van der Waals surface area contributed by atoms with E-state index in [2.05, 4.69) is 6.92 Å². The Bertz CT molecular complexity index is 794. The molecule has 4 unspecified atom stereocenters. The molecule has 1 aliphatic rings. The monoisotopic (exact) mass is 420 g/mol. The van der Waals surface area contributed by atoms with Gasteiger partial charge in [-0.25, -0.2) is 0 Å². The van der Waals surface area contributed by atoms with Crippen molar-refractivity contribution in [2.24, 2.45) is 0 Å². The Hall–Kier alpha value is -1.63. The quantitative estimate of drug-likeness (QED) is 0.596. The lowest BCUT2D eigenvalue weighted by molar-refractivity contribution is -0.219. The zero-order valence-corrected chi connectivity index (χ0v) is 17.5. The molecule has 2 aromatic carbocycles. The van der Waals surface area contributed by atoms with Crippen molar-refractivity contribution in [3.63, 3.8) is 0 Å². The third-order valence-electron chi connectivity index (χ3n) is 5.34. The topological polar surface area (TPSA) is 79.2 Å². The molecule has 1 heterocycles. The van der Waals surface area contributed by atoms with Gasteiger partial charge in [0, 0.05) is 5.02 Å². The molecule has 5 atom stereocenters. The van der Waals surface area contributed by atoms with Crippen LogP contribution in [0.25, 0.3) is 0 Å². The Balaban J connectivity index is 1.74. The van der Waals surface area contributed by atoms with E-state index in [1.807, 2.05) is 30.3 Å². The first-order valence-electron chi connectivity index (χ1n) is 10.1. The second-order valence-corrected chi connectivity index (χ2v) is 8.01. The van der Waals surface area contributed by atoms with E-state index < -0.39 is 30.5 Å². The van der Waals surface area contributed by atoms with Crippen LogP contribution in [0.1, 0.15) is 49.5 Å². The van der Waals surface area contributed by atoms with Gasteiger partial charge >= 0.3 is 0 Å². The lowest BCUT2D eigenvalue weighted by atomic mass is 9.90. The third kappa shape index (κ3) is 5.30. The minimum atomic E-state index is -1.26. The summed E-state index contributed by atoms with van der Waals surface area (Å²) < 4.78 is 11.5. The lowest BCUT2D eigenvalue weighted by Crippen LogP contribution is -2.53. The Morgan fingerprint density at radius 2 is 1.72 bits per heavy atom. The Kier molecular flexibility index (Phi) is 7.55. The van der Waals surface area contributed by atoms with Crippen LogP contribution < -0.4 is 4.74 Å². The van der Waals surface area contributed by atoms with Gasteiger partial charge in [-0.2, -0.15) is 0 Å². The fourth-order valence-electron chi connectivity index (χ4n) is 3.49. The largest absolute Gasteiger partial charge is 0.494 e. The number of aliphatic hydroxyl groups excluding tert-OH is 3. The average Bonchev–Trinajstić information content (AvgIpc) is 2.72. The summed E-state index contributed by atoms with van der Waals surface area (Å²) in [7, 11) is 0. The number of halogens is 1. The molecule has 0 aliphatic carbocycles. The molecule has 29 heavy (non-hydrogen) atoms. The van der Waals surface area contributed by atoms with Gasteiger partial charge < -0.3 is 24.8 Å². The molecule has 6 heteroatoms. The maximum absolute atomic E-state index is 10.4. The summed E-state index contributed by atoms with van der Waals surface area (Å²) in [6.07, 6.45) is -2.16. The van der Waals surface area contributed by atoms with Gasteiger partial charge in [0.05, 0.1) is 12.7 Å². The van der Waals surface area contributed by atoms with Crippen molar-refractivity contribution in [3.8, 4) is 5.75 Å². The van der Waals surface area contributed by atoms with Crippen molar-refractivity contribution in [2.75, 3.05) is 6.61 Å². The molecular weight excluding hydrogens is 392 g/mol. The van der Waals surface area contributed by atoms with Crippen LogP contribution >= 0.6 is 11.6 Å². The molecule has 0 bridgehead atoms. The number of benzene rings is 2. The number of rotatable bonds is 7. The summed E-state index contributed by atoms with van der Waals surface area (Å²) in [5.41, 5.74) is 2.70. The van der Waals surface area contributed by atoms with Gasteiger partial charge in [0.15, 0.2) is 0 Å². The summed E-state index contributed by atoms with van der Waals surface area (Å²) in [5, 5.41) is 31.0. The first-order chi connectivity index (χ1) is 13.9. The molecule has 0 spiro atoms. The van der Waals surface area contributed by atoms with E-state index in [1.54, 1.807) is 19.1 Å². The minimum absolute atomic E-state index is 0.585. The summed E-state index contributed by atoms with van der Waals surface area (Å²) in [6.45, 7) is 4.52. The second-order valence-electron chi connectivity index (χ2n) is 7.61. The van der Waals surface area contributed by atoms with E-state index in [9.17, 15) is 15.3 Å². The summed E-state index contributed by atoms with van der Waals surface area (Å²) in [5.74, 6) is 0.849. The second kappa shape index (κ2) is 9.92. The zero-order chi connectivity index (χ0) is 21.0. The first kappa shape index (κ1) is 22.1. The smallest absolute Gasteiger partial charge is 0.119 e. The van der Waals surface area contributed by atoms with Crippen molar-refractivity contribution < 1.29 is 24.8 Å². The number of hydrogen-bond acceptors (Lipinski definition) is 5. The molecule has 3 N–H and O–H groups in total. The van der Waals surface area contributed by atoms with E-state index in [4.69, 9.17) is 21.1 Å². The Morgan fingerprint density at radius 1 is 1.00 bits per heavy atom. The van der Waals surface area contributed by atoms with Crippen molar-refractivity contribution in [1.82, 2.24) is 0 Å². The molecule has 0 aromatic heterocycles. The lowest BCUT2D eigenvalue weighted by Gasteiger charge is -2.39. The maximum atomic E-state index is 10.4. The van der Waals surface area contributed by atoms with Gasteiger partial charge in [0.2, 0.25) is 0 Å². The highest BCUT2D eigenvalue weighted by Gasteiger charge is 2.42. The number of aliphatic hydroxyl groups is 3. The third-order valence-corrected chi connectivity index (χ3v) is 5.70. The van der Waals surface area contributed by atoms with Crippen LogP contribution in [-0.4, -0.2) is 46.3 Å². The average molecular weight is 421 g/mol. The SMILES string of the molecule is CCCCOc1ccc(Cc2cc(C3OC(C)[C@H](O)C(O)C3O)ccc2Cl)cc1. The predicted molar refractivity (Wildman–Crippen MR) is 112 cm³/mol. The van der Waals surface area contributed by atoms with Gasteiger partial charge in [-0.05, 0) is 54.7 Å². The van der Waals surface area contributed by atoms with E-state index in [0.29, 0.717) is 23.6 Å². The van der Waals surface area contributed by atoms with Crippen LogP contribution in [0.2, 0.25) is 5.02 Å². The molecular formula is C23H29ClO5. The highest BCUT2D eigenvalue weighted by Crippen LogP contribution is 2.34. The maximum Gasteiger partial charge on any atom is 0.119 e. The molecule has 0 radical (unpaired) electrons. The van der Waals surface area contributed by atoms with Gasteiger partial charge in [-0.3, -0.25) is 0 Å². The van der Waals surface area contributed by atoms with Crippen LogP contribution in [0.15, 0.2) is 42.5 Å². The first-order valence-corrected chi connectivity index (χ1v) is 10.5. The molecule has 1 fully saturated rings. The van der Waals surface area contributed by atoms with Gasteiger partial charge in [-0.1, -0.05) is 49.2 Å². The van der Waals surface area contributed by atoms with Crippen molar-refractivity contribution in [1.29, 1.82) is 0 Å². The van der Waals surface area contributed by atoms with Crippen LogP contribution in [0.3, 0.4) is 0 Å². The molecule has 158 valence electrons. The Labute approximate surface area is 176 Å². The van der Waals surface area contributed by atoms with Gasteiger partial charge in [0.1, 0.15) is 30.2 Å². The number of hydrogen-bond donors (Lipinski definition) is 3. The molecule has 3 rings (SSSR count). The van der Waals surface area contributed by atoms with E-state index in [0.717, 1.165) is 29.7 Å². The van der Waals surface area contributed by atoms with Crippen molar-refractivity contribution in [2.45, 2.75) is 63.6 Å². The van der Waals surface area contributed by atoms with Crippen LogP contribution in [0, 0.1) is 0 Å². The highest BCUT2D eigenvalue weighted by molar-refractivity contribution is 6.31. The molecule has 1 aliphatic heterocycles. The van der Waals surface area contributed by atoms with Crippen molar-refractivity contribution >= 4 is 11.6 Å². The minimum Gasteiger partial charge on any atom is -0.494 e. The predicted octanol–water partition coefficient (Wildman–Crippen LogP) is 3.65. The summed E-state index contributed by atoms with van der Waals surface area (Å²) in [4.78, 5) is 0. The van der Waals surface area contributed by atoms with E-state index in [-0.39, 0.29) is 0 Å². The molecule has 0 amide bonds. The standard InChI is InChI=1S/C23H29ClO5/c1-3-4-11-28-18-8-5-15(6-9-18)12-17-13-16(7-10-19(17)24)23-22(27)21(26)20(25)14(2)29-23/h5-10,13-14,20-23,25-27H,3-4,11-12H2,1-2H3/t14?,20-,21?,22?,23?/m0/s1. The van der Waals surface area contributed by atoms with E-state index in [1.165, 1.54) is 0 Å². The fourth-order valence-corrected chi connectivity index (χ4v) is 3.68. The molecule has 1 saturated heterocycles. The zero-order valence-electron chi connectivity index (χ0n) is 16.8. The van der Waals surface area contributed by atoms with Crippen molar-refractivity contribution in [3.05, 3.63) is 64.2 Å². The Morgan fingerprint density at radius 3 is 2.41 bits per heavy atom. The molecule has 2 aromatic rings. The number of ether oxygens (including phenoxy) is 2. The fraction of sp³-hybridized carbons (Fsp3) is 0.478. The van der Waals surface area contributed by atoms with E-state index >= 15 is 0 Å². The highest BCUT2D eigenvalue weighted by atomic mass is 35.5. The van der Waals surface area contributed by atoms with Crippen LogP contribution in [0.5, 0.6) is 5.75 Å². The van der Waals surface area contributed by atoms with Gasteiger partial charge in [0.25, 0.3) is 0 Å². The number of unbranched alkanes of at least 4 members (excludes halogenated alkanes) is 1. The van der Waals surface area contributed by atoms with Crippen LogP contribution in [-0.2, 0) is 11.2 Å². The summed E-state index contributed by atoms with van der Waals surface area (Å²) in [6, 6.07) is 13.4. The van der Waals surface area contributed by atoms with Crippen LogP contribution in [0.4, 0.5) is 0 Å². The molecule has 5 nitrogen and oxygen atoms in total.